The van der Waals surface area contributed by atoms with Gasteiger partial charge in [0.25, 0.3) is 0 Å². The van der Waals surface area contributed by atoms with Gasteiger partial charge in [0.2, 0.25) is 0 Å². The summed E-state index contributed by atoms with van der Waals surface area (Å²) in [6.07, 6.45) is 5.46. The zero-order valence-electron chi connectivity index (χ0n) is 27.1. The fourth-order valence-corrected chi connectivity index (χ4v) is 7.33. The van der Waals surface area contributed by atoms with Gasteiger partial charge in [-0.1, -0.05) is 140 Å². The van der Waals surface area contributed by atoms with Crippen molar-refractivity contribution in [2.24, 2.45) is 0 Å². The minimum atomic E-state index is 0.0147. The van der Waals surface area contributed by atoms with E-state index in [1.165, 1.54) is 33.1 Å². The highest BCUT2D eigenvalue weighted by atomic mass is 16.5. The normalized spacial score (nSPS) is 14.9. The number of benzene rings is 6. The molecule has 2 aromatic heterocycles. The Morgan fingerprint density at radius 1 is 0.500 bits per heavy atom. The molecular formula is C45H30N4O. The van der Waals surface area contributed by atoms with E-state index in [4.69, 9.17) is 19.7 Å². The van der Waals surface area contributed by atoms with E-state index < -0.39 is 0 Å². The van der Waals surface area contributed by atoms with E-state index >= 15 is 0 Å². The smallest absolute Gasteiger partial charge is 0.164 e. The van der Waals surface area contributed by atoms with Crippen molar-refractivity contribution in [1.82, 2.24) is 19.5 Å². The van der Waals surface area contributed by atoms with E-state index in [9.17, 15) is 0 Å². The van der Waals surface area contributed by atoms with Gasteiger partial charge in [0.05, 0.1) is 11.0 Å². The highest BCUT2D eigenvalue weighted by molar-refractivity contribution is 6.11. The van der Waals surface area contributed by atoms with Crippen LogP contribution in [0.3, 0.4) is 0 Å². The summed E-state index contributed by atoms with van der Waals surface area (Å²) < 4.78 is 8.96. The van der Waals surface area contributed by atoms with Crippen molar-refractivity contribution in [1.29, 1.82) is 0 Å². The SMILES string of the molecule is C1=C2c3ccc(-c4ccc(-c5nc(-c6ccccc6)nc(-c6ccccc6)n5)cc4)cc3OC2CC=C1n1c2ccccc2c2ccccc21. The summed E-state index contributed by atoms with van der Waals surface area (Å²) in [7, 11) is 0. The molecule has 1 aliphatic carbocycles. The number of aromatic nitrogens is 4. The van der Waals surface area contributed by atoms with E-state index in [1.54, 1.807) is 0 Å². The Morgan fingerprint density at radius 3 is 1.60 bits per heavy atom. The third kappa shape index (κ3) is 4.74. The number of ether oxygens (including phenoxy) is 1. The molecule has 50 heavy (non-hydrogen) atoms. The summed E-state index contributed by atoms with van der Waals surface area (Å²) >= 11 is 0. The first-order valence-electron chi connectivity index (χ1n) is 17.0. The zero-order valence-corrected chi connectivity index (χ0v) is 27.1. The van der Waals surface area contributed by atoms with Crippen molar-refractivity contribution in [2.75, 3.05) is 0 Å². The van der Waals surface area contributed by atoms with Crippen LogP contribution in [-0.4, -0.2) is 25.6 Å². The summed E-state index contributed by atoms with van der Waals surface area (Å²) in [5.41, 5.74) is 11.1. The minimum absolute atomic E-state index is 0.0147. The van der Waals surface area contributed by atoms with E-state index in [2.05, 4.69) is 108 Å². The van der Waals surface area contributed by atoms with Crippen molar-refractivity contribution < 1.29 is 4.74 Å². The highest BCUT2D eigenvalue weighted by Gasteiger charge is 2.31. The molecule has 0 bridgehead atoms. The first-order chi connectivity index (χ1) is 24.8. The first-order valence-corrected chi connectivity index (χ1v) is 17.0. The van der Waals surface area contributed by atoms with Crippen LogP contribution in [-0.2, 0) is 0 Å². The summed E-state index contributed by atoms with van der Waals surface area (Å²) in [5, 5.41) is 2.54. The Morgan fingerprint density at radius 2 is 1.00 bits per heavy atom. The van der Waals surface area contributed by atoms with Gasteiger partial charge >= 0.3 is 0 Å². The summed E-state index contributed by atoms with van der Waals surface area (Å²) in [6, 6.07) is 52.5. The van der Waals surface area contributed by atoms with E-state index in [0.717, 1.165) is 45.6 Å². The van der Waals surface area contributed by atoms with E-state index in [-0.39, 0.29) is 6.10 Å². The maximum Gasteiger partial charge on any atom is 0.164 e. The molecule has 3 heterocycles. The third-order valence-corrected chi connectivity index (χ3v) is 9.77. The Kier molecular flexibility index (Phi) is 6.56. The first kappa shape index (κ1) is 28.4. The van der Waals surface area contributed by atoms with Gasteiger partial charge < -0.3 is 9.30 Å². The lowest BCUT2D eigenvalue weighted by Gasteiger charge is -2.19. The molecule has 8 aromatic rings. The average molecular weight is 643 g/mol. The van der Waals surface area contributed by atoms with Gasteiger partial charge in [0.1, 0.15) is 11.9 Å². The molecule has 5 nitrogen and oxygen atoms in total. The molecule has 1 atom stereocenters. The zero-order chi connectivity index (χ0) is 33.0. The summed E-state index contributed by atoms with van der Waals surface area (Å²) in [5.74, 6) is 2.88. The second-order valence-electron chi connectivity index (χ2n) is 12.8. The number of allylic oxidation sites excluding steroid dienone is 2. The predicted octanol–water partition coefficient (Wildman–Crippen LogP) is 10.7. The van der Waals surface area contributed by atoms with Gasteiger partial charge in [-0.25, -0.2) is 15.0 Å². The Balaban J connectivity index is 0.976. The van der Waals surface area contributed by atoms with Crippen LogP contribution in [0.5, 0.6) is 5.75 Å². The standard InChI is InChI=1S/C45H30N4O/c1-3-11-30(12-4-1)43-46-44(31-13-5-2-6-14-31)48-45(47-43)32-21-19-29(20-22-32)33-23-25-37-38-28-34(24-26-41(38)50-42(37)27-33)49-39-17-9-7-15-35(39)36-16-8-10-18-40(36)49/h1-25,27-28,41H,26H2. The molecular weight excluding hydrogens is 613 g/mol. The lowest BCUT2D eigenvalue weighted by atomic mass is 9.93. The van der Waals surface area contributed by atoms with Crippen LogP contribution < -0.4 is 4.74 Å². The van der Waals surface area contributed by atoms with Crippen LogP contribution >= 0.6 is 0 Å². The van der Waals surface area contributed by atoms with Crippen LogP contribution in [0.4, 0.5) is 0 Å². The fourth-order valence-electron chi connectivity index (χ4n) is 7.33. The number of rotatable bonds is 5. The fraction of sp³-hybridized carbons (Fsp3) is 0.0444. The molecule has 236 valence electrons. The molecule has 0 amide bonds. The number of para-hydroxylation sites is 2. The van der Waals surface area contributed by atoms with Gasteiger partial charge in [-0.3, -0.25) is 0 Å². The second-order valence-corrected chi connectivity index (χ2v) is 12.8. The number of hydrogen-bond acceptors (Lipinski definition) is 4. The Bertz CT molecular complexity index is 2530. The number of hydrogen-bond donors (Lipinski definition) is 0. The van der Waals surface area contributed by atoms with Gasteiger partial charge in [-0.05, 0) is 35.4 Å². The molecule has 0 fully saturated rings. The highest BCUT2D eigenvalue weighted by Crippen LogP contribution is 2.45. The largest absolute Gasteiger partial charge is 0.485 e. The molecule has 0 N–H and O–H groups in total. The van der Waals surface area contributed by atoms with Crippen LogP contribution in [0.15, 0.2) is 164 Å². The second kappa shape index (κ2) is 11.5. The molecule has 5 heteroatoms. The maximum atomic E-state index is 6.57. The molecule has 1 aliphatic heterocycles. The quantitative estimate of drug-likeness (QED) is 0.187. The van der Waals surface area contributed by atoms with Crippen molar-refractivity contribution in [3.05, 3.63) is 169 Å². The lowest BCUT2D eigenvalue weighted by molar-refractivity contribution is 0.279. The molecule has 1 unspecified atom stereocenters. The number of fused-ring (bicyclic) bond motifs is 6. The molecule has 0 saturated heterocycles. The molecule has 10 rings (SSSR count). The van der Waals surface area contributed by atoms with E-state index in [0.29, 0.717) is 17.5 Å². The van der Waals surface area contributed by atoms with Crippen LogP contribution in [0.25, 0.3) is 78.4 Å². The topological polar surface area (TPSA) is 52.8 Å². The monoisotopic (exact) mass is 642 g/mol. The Hall–Kier alpha value is -6.59. The average Bonchev–Trinajstić information content (AvgIpc) is 3.73. The van der Waals surface area contributed by atoms with Crippen LogP contribution in [0, 0.1) is 0 Å². The van der Waals surface area contributed by atoms with Gasteiger partial charge in [-0.15, -0.1) is 0 Å². The molecule has 0 spiro atoms. The van der Waals surface area contributed by atoms with Gasteiger partial charge in [-0.2, -0.15) is 0 Å². The van der Waals surface area contributed by atoms with Crippen molar-refractivity contribution in [3.8, 4) is 51.0 Å². The Labute approximate surface area is 289 Å². The third-order valence-electron chi connectivity index (χ3n) is 9.77. The molecule has 6 aromatic carbocycles. The maximum absolute atomic E-state index is 6.57. The van der Waals surface area contributed by atoms with Crippen molar-refractivity contribution in [3.63, 3.8) is 0 Å². The molecule has 2 aliphatic rings. The molecule has 0 saturated carbocycles. The van der Waals surface area contributed by atoms with E-state index in [1.807, 2.05) is 60.7 Å². The minimum Gasteiger partial charge on any atom is -0.485 e. The van der Waals surface area contributed by atoms with Crippen molar-refractivity contribution >= 4 is 33.1 Å². The van der Waals surface area contributed by atoms with Crippen LogP contribution in [0.2, 0.25) is 0 Å². The van der Waals surface area contributed by atoms with Crippen molar-refractivity contribution in [2.45, 2.75) is 12.5 Å². The van der Waals surface area contributed by atoms with Gasteiger partial charge in [0.15, 0.2) is 17.5 Å². The summed E-state index contributed by atoms with van der Waals surface area (Å²) in [6.45, 7) is 0. The summed E-state index contributed by atoms with van der Waals surface area (Å²) in [4.78, 5) is 14.6. The molecule has 0 radical (unpaired) electrons. The van der Waals surface area contributed by atoms with Crippen LogP contribution in [0.1, 0.15) is 12.0 Å². The number of nitrogens with zero attached hydrogens (tertiary/aromatic N) is 4. The van der Waals surface area contributed by atoms with Gasteiger partial charge in [0, 0.05) is 50.7 Å². The lowest BCUT2D eigenvalue weighted by Crippen LogP contribution is -2.14. The predicted molar refractivity (Wildman–Crippen MR) is 202 cm³/mol.